The van der Waals surface area contributed by atoms with Crippen molar-refractivity contribution in [3.8, 4) is 0 Å². The number of hydrogen-bond donors (Lipinski definition) is 1. The van der Waals surface area contributed by atoms with E-state index >= 15 is 0 Å². The lowest BCUT2D eigenvalue weighted by Gasteiger charge is -2.47. The Hall–Kier alpha value is 0.177. The summed E-state index contributed by atoms with van der Waals surface area (Å²) in [5.41, 5.74) is 0. The van der Waals surface area contributed by atoms with Crippen LogP contribution >= 0.6 is 0 Å². The smallest absolute Gasteiger partial charge is 0.0900 e. The summed E-state index contributed by atoms with van der Waals surface area (Å²) in [6.45, 7) is 15.3. The standard InChI is InChI=1S/C10H24OSi/c1-8-10(5,11)12(6,7)9(2,3)4/h11H,8H2,1-7H3. The molecule has 0 aliphatic rings. The Morgan fingerprint density at radius 2 is 1.42 bits per heavy atom. The maximum Gasteiger partial charge on any atom is 0.0900 e. The largest absolute Gasteiger partial charge is 0.394 e. The highest BCUT2D eigenvalue weighted by atomic mass is 28.3. The van der Waals surface area contributed by atoms with Crippen molar-refractivity contribution in [2.75, 3.05) is 0 Å². The molecule has 1 atom stereocenters. The van der Waals surface area contributed by atoms with Crippen LogP contribution in [0.3, 0.4) is 0 Å². The zero-order valence-electron chi connectivity index (χ0n) is 9.65. The number of aliphatic hydroxyl groups is 1. The second kappa shape index (κ2) is 3.15. The molecule has 0 aliphatic heterocycles. The summed E-state index contributed by atoms with van der Waals surface area (Å²) in [4.78, 5) is 0. The Labute approximate surface area is 78.2 Å². The molecule has 0 saturated carbocycles. The van der Waals surface area contributed by atoms with Crippen molar-refractivity contribution in [2.45, 2.75) is 64.4 Å². The molecule has 0 radical (unpaired) electrons. The predicted octanol–water partition coefficient (Wildman–Crippen LogP) is 3.20. The van der Waals surface area contributed by atoms with Gasteiger partial charge in [-0.15, -0.1) is 0 Å². The Kier molecular flexibility index (Phi) is 3.19. The summed E-state index contributed by atoms with van der Waals surface area (Å²) < 4.78 is 0. The SMILES string of the molecule is CCC(C)(O)[Si](C)(C)C(C)(C)C. The van der Waals surface area contributed by atoms with Crippen LogP contribution in [0.25, 0.3) is 0 Å². The van der Waals surface area contributed by atoms with Gasteiger partial charge in [0.15, 0.2) is 0 Å². The van der Waals surface area contributed by atoms with Crippen molar-refractivity contribution in [3.05, 3.63) is 0 Å². The van der Waals surface area contributed by atoms with Crippen LogP contribution < -0.4 is 0 Å². The van der Waals surface area contributed by atoms with E-state index in [1.165, 1.54) is 0 Å². The molecular weight excluding hydrogens is 164 g/mol. The molecule has 0 aliphatic carbocycles. The molecule has 0 aromatic carbocycles. The van der Waals surface area contributed by atoms with Crippen LogP contribution in [-0.4, -0.2) is 18.4 Å². The highest BCUT2D eigenvalue weighted by molar-refractivity contribution is 6.82. The Morgan fingerprint density at radius 1 is 1.08 bits per heavy atom. The molecule has 0 aromatic rings. The van der Waals surface area contributed by atoms with E-state index in [2.05, 4.69) is 40.8 Å². The van der Waals surface area contributed by atoms with Gasteiger partial charge in [-0.1, -0.05) is 40.8 Å². The fraction of sp³-hybridized carbons (Fsp3) is 1.00. The molecule has 1 N–H and O–H groups in total. The van der Waals surface area contributed by atoms with Crippen LogP contribution in [0.4, 0.5) is 0 Å². The molecule has 0 aromatic heterocycles. The van der Waals surface area contributed by atoms with Gasteiger partial charge in [0.2, 0.25) is 0 Å². The van der Waals surface area contributed by atoms with Gasteiger partial charge in [-0.3, -0.25) is 0 Å². The molecule has 0 saturated heterocycles. The quantitative estimate of drug-likeness (QED) is 0.660. The summed E-state index contributed by atoms with van der Waals surface area (Å²) in [7, 11) is -1.58. The summed E-state index contributed by atoms with van der Waals surface area (Å²) >= 11 is 0. The fourth-order valence-electron chi connectivity index (χ4n) is 1.25. The van der Waals surface area contributed by atoms with Crippen LogP contribution in [0.15, 0.2) is 0 Å². The molecule has 2 heteroatoms. The van der Waals surface area contributed by atoms with Gasteiger partial charge in [0.1, 0.15) is 0 Å². The van der Waals surface area contributed by atoms with Gasteiger partial charge in [0, 0.05) is 0 Å². The normalized spacial score (nSPS) is 19.0. The van der Waals surface area contributed by atoms with Crippen molar-refractivity contribution in [1.29, 1.82) is 0 Å². The Morgan fingerprint density at radius 3 is 1.50 bits per heavy atom. The van der Waals surface area contributed by atoms with Gasteiger partial charge >= 0.3 is 0 Å². The van der Waals surface area contributed by atoms with Crippen LogP contribution in [0.5, 0.6) is 0 Å². The molecule has 0 bridgehead atoms. The lowest BCUT2D eigenvalue weighted by Crippen LogP contribution is -2.57. The fourth-order valence-corrected chi connectivity index (χ4v) is 3.75. The molecule has 1 unspecified atom stereocenters. The summed E-state index contributed by atoms with van der Waals surface area (Å²) in [5.74, 6) is 0. The molecule has 1 nitrogen and oxygen atoms in total. The molecule has 0 spiro atoms. The Balaban J connectivity index is 4.85. The third kappa shape index (κ3) is 1.91. The molecule has 74 valence electrons. The van der Waals surface area contributed by atoms with Crippen LogP contribution in [0.1, 0.15) is 41.0 Å². The van der Waals surface area contributed by atoms with Gasteiger partial charge in [-0.05, 0) is 18.4 Å². The van der Waals surface area contributed by atoms with Gasteiger partial charge in [0.25, 0.3) is 0 Å². The van der Waals surface area contributed by atoms with E-state index in [-0.39, 0.29) is 5.04 Å². The molecular formula is C10H24OSi. The number of hydrogen-bond acceptors (Lipinski definition) is 1. The average Bonchev–Trinajstić information content (AvgIpc) is 1.85. The van der Waals surface area contributed by atoms with Crippen LogP contribution in [0.2, 0.25) is 18.1 Å². The van der Waals surface area contributed by atoms with Gasteiger partial charge < -0.3 is 5.11 Å². The maximum absolute atomic E-state index is 10.2. The van der Waals surface area contributed by atoms with Crippen molar-refractivity contribution < 1.29 is 5.11 Å². The van der Waals surface area contributed by atoms with Gasteiger partial charge in [-0.25, -0.2) is 0 Å². The van der Waals surface area contributed by atoms with E-state index in [9.17, 15) is 5.11 Å². The predicted molar refractivity (Wildman–Crippen MR) is 58.1 cm³/mol. The van der Waals surface area contributed by atoms with Crippen molar-refractivity contribution >= 4 is 8.07 Å². The van der Waals surface area contributed by atoms with Crippen LogP contribution in [0, 0.1) is 0 Å². The first-order valence-electron chi connectivity index (χ1n) is 4.78. The van der Waals surface area contributed by atoms with Crippen molar-refractivity contribution in [2.24, 2.45) is 0 Å². The minimum atomic E-state index is -1.58. The number of rotatable bonds is 2. The zero-order valence-corrected chi connectivity index (χ0v) is 10.7. The van der Waals surface area contributed by atoms with Crippen molar-refractivity contribution in [3.63, 3.8) is 0 Å². The third-order valence-electron chi connectivity index (χ3n) is 3.91. The van der Waals surface area contributed by atoms with E-state index in [0.29, 0.717) is 0 Å². The van der Waals surface area contributed by atoms with E-state index < -0.39 is 13.3 Å². The second-order valence-corrected chi connectivity index (χ2v) is 11.3. The lowest BCUT2D eigenvalue weighted by atomic mass is 10.2. The maximum atomic E-state index is 10.2. The van der Waals surface area contributed by atoms with E-state index in [1.54, 1.807) is 0 Å². The zero-order chi connectivity index (χ0) is 10.2. The van der Waals surface area contributed by atoms with Crippen LogP contribution in [-0.2, 0) is 0 Å². The molecule has 0 amide bonds. The van der Waals surface area contributed by atoms with Gasteiger partial charge in [-0.2, -0.15) is 0 Å². The molecule has 0 heterocycles. The van der Waals surface area contributed by atoms with E-state index in [4.69, 9.17) is 0 Å². The van der Waals surface area contributed by atoms with E-state index in [0.717, 1.165) is 6.42 Å². The highest BCUT2D eigenvalue weighted by Crippen LogP contribution is 2.43. The van der Waals surface area contributed by atoms with Crippen molar-refractivity contribution in [1.82, 2.24) is 0 Å². The summed E-state index contributed by atoms with van der Waals surface area (Å²) in [5, 5.41) is 10.1. The minimum Gasteiger partial charge on any atom is -0.394 e. The first-order chi connectivity index (χ1) is 5.06. The molecule has 0 fully saturated rings. The highest BCUT2D eigenvalue weighted by Gasteiger charge is 2.48. The first-order valence-corrected chi connectivity index (χ1v) is 7.78. The third-order valence-corrected chi connectivity index (χ3v) is 10.7. The summed E-state index contributed by atoms with van der Waals surface area (Å²) in [6, 6.07) is 0. The average molecular weight is 188 g/mol. The summed E-state index contributed by atoms with van der Waals surface area (Å²) in [6.07, 6.45) is 0.865. The second-order valence-electron chi connectivity index (χ2n) is 5.50. The Bertz CT molecular complexity index is 154. The molecule has 12 heavy (non-hydrogen) atoms. The molecule has 0 rings (SSSR count). The monoisotopic (exact) mass is 188 g/mol. The van der Waals surface area contributed by atoms with Gasteiger partial charge in [0.05, 0.1) is 13.3 Å². The topological polar surface area (TPSA) is 20.2 Å². The first kappa shape index (κ1) is 12.2. The lowest BCUT2D eigenvalue weighted by molar-refractivity contribution is 0.126. The van der Waals surface area contributed by atoms with E-state index in [1.807, 2.05) is 6.92 Å². The minimum absolute atomic E-state index is 0.270.